The number of nitrogens with zero attached hydrogens (tertiary/aromatic N) is 1. The van der Waals surface area contributed by atoms with Crippen molar-refractivity contribution in [3.05, 3.63) is 4.91 Å². The fourth-order valence-corrected chi connectivity index (χ4v) is 2.28. The van der Waals surface area contributed by atoms with E-state index in [0.717, 1.165) is 25.7 Å². The largest absolute Gasteiger partial charge is 0.393 e. The molecule has 1 saturated carbocycles. The number of carbonyl (C=O) groups is 1. The van der Waals surface area contributed by atoms with Crippen molar-refractivity contribution in [3.8, 4) is 0 Å². The summed E-state index contributed by atoms with van der Waals surface area (Å²) in [6.45, 7) is 2.98. The Bertz CT molecular complexity index is 267. The van der Waals surface area contributed by atoms with Crippen LogP contribution in [0.1, 0.15) is 52.4 Å². The highest BCUT2D eigenvalue weighted by Gasteiger charge is 2.33. The lowest BCUT2D eigenvalue weighted by Gasteiger charge is -2.29. The molecule has 1 rings (SSSR count). The molecule has 92 valence electrons. The van der Waals surface area contributed by atoms with E-state index in [9.17, 15) is 14.8 Å². The Hall–Kier alpha value is -0.770. The van der Waals surface area contributed by atoms with Crippen molar-refractivity contribution >= 4 is 5.78 Å². The molecule has 0 amide bonds. The molecule has 1 aliphatic carbocycles. The number of aliphatic hydroxyl groups is 1. The number of hydrogen-bond donors (Lipinski definition) is 1. The zero-order chi connectivity index (χ0) is 12.2. The molecule has 0 aromatic heterocycles. The summed E-state index contributed by atoms with van der Waals surface area (Å²) in [5.74, 6) is 0.0435. The SMILES string of the molecule is CC(=O)C(C)(CCC1CCCC[C@@H]1O)N=O. The van der Waals surface area contributed by atoms with E-state index in [1.54, 1.807) is 6.92 Å². The van der Waals surface area contributed by atoms with Gasteiger partial charge in [-0.3, -0.25) is 4.79 Å². The molecule has 0 radical (unpaired) electrons. The molecule has 3 atom stereocenters. The summed E-state index contributed by atoms with van der Waals surface area (Å²) in [5, 5.41) is 12.7. The number of aliphatic hydroxyl groups excluding tert-OH is 1. The van der Waals surface area contributed by atoms with Crippen LogP contribution < -0.4 is 0 Å². The van der Waals surface area contributed by atoms with Crippen LogP contribution >= 0.6 is 0 Å². The second kappa shape index (κ2) is 5.53. The second-order valence-corrected chi connectivity index (χ2v) is 5.07. The van der Waals surface area contributed by atoms with Crippen molar-refractivity contribution in [2.75, 3.05) is 0 Å². The van der Waals surface area contributed by atoms with E-state index in [1.807, 2.05) is 0 Å². The van der Waals surface area contributed by atoms with Crippen molar-refractivity contribution in [1.82, 2.24) is 0 Å². The second-order valence-electron chi connectivity index (χ2n) is 5.07. The number of carbonyl (C=O) groups excluding carboxylic acids is 1. The molecule has 4 nitrogen and oxygen atoms in total. The van der Waals surface area contributed by atoms with Gasteiger partial charge >= 0.3 is 0 Å². The standard InChI is InChI=1S/C12H21NO3/c1-9(14)12(2,13-16)8-7-10-5-3-4-6-11(10)15/h10-11,15H,3-8H2,1-2H3/t10?,11-,12?/m0/s1. The van der Waals surface area contributed by atoms with E-state index in [-0.39, 0.29) is 17.8 Å². The maximum Gasteiger partial charge on any atom is 0.160 e. The van der Waals surface area contributed by atoms with Gasteiger partial charge < -0.3 is 5.11 Å². The van der Waals surface area contributed by atoms with Crippen LogP contribution in [-0.4, -0.2) is 22.5 Å². The molecule has 0 heterocycles. The Balaban J connectivity index is 2.48. The quantitative estimate of drug-likeness (QED) is 0.733. The molecular formula is C12H21NO3. The summed E-state index contributed by atoms with van der Waals surface area (Å²) in [4.78, 5) is 22.0. The first-order valence-electron chi connectivity index (χ1n) is 6.03. The van der Waals surface area contributed by atoms with Crippen molar-refractivity contribution < 1.29 is 9.90 Å². The van der Waals surface area contributed by atoms with Gasteiger partial charge in [0.2, 0.25) is 0 Å². The van der Waals surface area contributed by atoms with Crippen molar-refractivity contribution in [1.29, 1.82) is 0 Å². The number of hydrogen-bond acceptors (Lipinski definition) is 4. The van der Waals surface area contributed by atoms with E-state index >= 15 is 0 Å². The van der Waals surface area contributed by atoms with Crippen molar-refractivity contribution in [3.63, 3.8) is 0 Å². The maximum atomic E-state index is 11.3. The van der Waals surface area contributed by atoms with Gasteiger partial charge in [-0.2, -0.15) is 0 Å². The normalized spacial score (nSPS) is 29.4. The molecule has 0 aliphatic heterocycles. The van der Waals surface area contributed by atoms with Crippen LogP contribution in [0.25, 0.3) is 0 Å². The fraction of sp³-hybridized carbons (Fsp3) is 0.917. The highest BCUT2D eigenvalue weighted by atomic mass is 16.3. The lowest BCUT2D eigenvalue weighted by molar-refractivity contribution is -0.121. The summed E-state index contributed by atoms with van der Waals surface area (Å²) >= 11 is 0. The number of rotatable bonds is 5. The van der Waals surface area contributed by atoms with Crippen LogP contribution in [0.4, 0.5) is 0 Å². The summed E-state index contributed by atoms with van der Waals surface area (Å²) in [6.07, 6.45) is 4.94. The molecule has 1 fully saturated rings. The van der Waals surface area contributed by atoms with Gasteiger partial charge in [0.15, 0.2) is 11.3 Å². The zero-order valence-corrected chi connectivity index (χ0v) is 10.1. The van der Waals surface area contributed by atoms with Gasteiger partial charge in [0, 0.05) is 0 Å². The topological polar surface area (TPSA) is 66.7 Å². The number of ketones is 1. The van der Waals surface area contributed by atoms with Gasteiger partial charge in [-0.1, -0.05) is 18.0 Å². The molecule has 1 N–H and O–H groups in total. The lowest BCUT2D eigenvalue weighted by Crippen LogP contribution is -2.33. The van der Waals surface area contributed by atoms with Gasteiger partial charge in [-0.05, 0) is 45.4 Å². The van der Waals surface area contributed by atoms with Gasteiger partial charge in [-0.15, -0.1) is 4.91 Å². The maximum absolute atomic E-state index is 11.3. The minimum atomic E-state index is -1.10. The van der Waals surface area contributed by atoms with Crippen LogP contribution in [0.2, 0.25) is 0 Å². The molecule has 0 aromatic carbocycles. The van der Waals surface area contributed by atoms with Crippen LogP contribution in [-0.2, 0) is 4.79 Å². The minimum Gasteiger partial charge on any atom is -0.393 e. The van der Waals surface area contributed by atoms with Gasteiger partial charge in [0.05, 0.1) is 6.10 Å². The summed E-state index contributed by atoms with van der Waals surface area (Å²) < 4.78 is 0. The average Bonchev–Trinajstić information content (AvgIpc) is 2.27. The molecule has 2 unspecified atom stereocenters. The van der Waals surface area contributed by atoms with E-state index in [4.69, 9.17) is 0 Å². The summed E-state index contributed by atoms with van der Waals surface area (Å²) in [6, 6.07) is 0. The van der Waals surface area contributed by atoms with Crippen molar-refractivity contribution in [2.45, 2.75) is 64.0 Å². The smallest absolute Gasteiger partial charge is 0.160 e. The Morgan fingerprint density at radius 3 is 2.56 bits per heavy atom. The van der Waals surface area contributed by atoms with Crippen LogP contribution in [0, 0.1) is 10.8 Å². The number of nitroso groups, excluding NO2 is 1. The first-order valence-corrected chi connectivity index (χ1v) is 6.03. The highest BCUT2D eigenvalue weighted by molar-refractivity contribution is 5.85. The number of Topliss-reactive ketones (excluding diaryl/α,β-unsaturated/α-hetero) is 1. The lowest BCUT2D eigenvalue weighted by atomic mass is 9.80. The molecular weight excluding hydrogens is 206 g/mol. The molecule has 0 aromatic rings. The highest BCUT2D eigenvalue weighted by Crippen LogP contribution is 2.31. The molecule has 4 heteroatoms. The first kappa shape index (κ1) is 13.3. The average molecular weight is 227 g/mol. The Morgan fingerprint density at radius 1 is 1.44 bits per heavy atom. The predicted molar refractivity (Wildman–Crippen MR) is 62.1 cm³/mol. The Kier molecular flexibility index (Phi) is 4.59. The minimum absolute atomic E-state index is 0.187. The van der Waals surface area contributed by atoms with E-state index < -0.39 is 5.54 Å². The Morgan fingerprint density at radius 2 is 2.06 bits per heavy atom. The Labute approximate surface area is 96.4 Å². The third-order valence-corrected chi connectivity index (χ3v) is 3.83. The predicted octanol–water partition coefficient (Wildman–Crippen LogP) is 2.43. The van der Waals surface area contributed by atoms with E-state index in [1.165, 1.54) is 6.92 Å². The summed E-state index contributed by atoms with van der Waals surface area (Å²) in [5.41, 5.74) is -1.10. The third-order valence-electron chi connectivity index (χ3n) is 3.83. The van der Waals surface area contributed by atoms with Crippen molar-refractivity contribution in [2.24, 2.45) is 11.1 Å². The monoisotopic (exact) mass is 227 g/mol. The van der Waals surface area contributed by atoms with Crippen LogP contribution in [0.5, 0.6) is 0 Å². The van der Waals surface area contributed by atoms with E-state index in [2.05, 4.69) is 5.18 Å². The molecule has 0 saturated heterocycles. The molecule has 0 bridgehead atoms. The molecule has 16 heavy (non-hydrogen) atoms. The van der Waals surface area contributed by atoms with Gasteiger partial charge in [0.25, 0.3) is 0 Å². The fourth-order valence-electron chi connectivity index (χ4n) is 2.28. The van der Waals surface area contributed by atoms with Crippen LogP contribution in [0.15, 0.2) is 5.18 Å². The summed E-state index contributed by atoms with van der Waals surface area (Å²) in [7, 11) is 0. The molecule has 0 spiro atoms. The van der Waals surface area contributed by atoms with E-state index in [0.29, 0.717) is 12.8 Å². The molecule has 1 aliphatic rings. The van der Waals surface area contributed by atoms with Gasteiger partial charge in [-0.25, -0.2) is 0 Å². The van der Waals surface area contributed by atoms with Gasteiger partial charge in [0.1, 0.15) is 0 Å². The third kappa shape index (κ3) is 3.11. The first-order chi connectivity index (χ1) is 7.49. The zero-order valence-electron chi connectivity index (χ0n) is 10.1. The van der Waals surface area contributed by atoms with Crippen LogP contribution in [0.3, 0.4) is 0 Å².